The lowest BCUT2D eigenvalue weighted by Gasteiger charge is -2.13. The Morgan fingerprint density at radius 2 is 1.81 bits per heavy atom. The minimum absolute atomic E-state index is 0.0443. The second-order valence-corrected chi connectivity index (χ2v) is 8.06. The number of nitrogens with one attached hydrogen (secondary N) is 1. The van der Waals surface area contributed by atoms with Gasteiger partial charge in [-0.3, -0.25) is 9.40 Å². The number of ether oxygens (including phenoxy) is 1. The molecule has 0 unspecified atom stereocenters. The van der Waals surface area contributed by atoms with Crippen LogP contribution in [-0.2, 0) is 17.1 Å². The van der Waals surface area contributed by atoms with Gasteiger partial charge in [0.25, 0.3) is 10.0 Å². The zero-order valence-corrected chi connectivity index (χ0v) is 16.8. The van der Waals surface area contributed by atoms with Gasteiger partial charge in [-0.15, -0.1) is 0 Å². The third-order valence-electron chi connectivity index (χ3n) is 4.29. The van der Waals surface area contributed by atoms with E-state index in [-0.39, 0.29) is 22.2 Å². The van der Waals surface area contributed by atoms with E-state index in [2.05, 4.69) is 19.8 Å². The molecule has 0 fully saturated rings. The molecule has 2 aromatic heterocycles. The second kappa shape index (κ2) is 8.11. The smallest absolute Gasteiger partial charge is 0.263 e. The third-order valence-corrected chi connectivity index (χ3v) is 5.65. The van der Waals surface area contributed by atoms with Crippen LogP contribution < -0.4 is 9.46 Å². The molecule has 0 aliphatic heterocycles. The van der Waals surface area contributed by atoms with Crippen LogP contribution in [0, 0.1) is 11.6 Å². The standard InChI is InChI=1S/C20H15F2N5O3S/c1-27-17(6-9-25-27)15-10-13(21)2-4-18(15)30-19-5-3-14(11-16(19)22)31(28,29)26-20-7-8-23-12-24-20/h2-12H,1H3,(H,23,24,26). The van der Waals surface area contributed by atoms with Crippen molar-refractivity contribution in [1.29, 1.82) is 0 Å². The summed E-state index contributed by atoms with van der Waals surface area (Å²) in [6.07, 6.45) is 4.08. The van der Waals surface area contributed by atoms with Gasteiger partial charge in [-0.1, -0.05) is 0 Å². The maximum atomic E-state index is 14.7. The lowest BCUT2D eigenvalue weighted by atomic mass is 10.1. The molecule has 0 aliphatic rings. The first kappa shape index (κ1) is 20.4. The van der Waals surface area contributed by atoms with E-state index < -0.39 is 21.7 Å². The Hall–Kier alpha value is -3.86. The van der Waals surface area contributed by atoms with Gasteiger partial charge in [0, 0.05) is 25.0 Å². The van der Waals surface area contributed by atoms with Crippen molar-refractivity contribution in [3.63, 3.8) is 0 Å². The first-order valence-corrected chi connectivity index (χ1v) is 10.4. The highest BCUT2D eigenvalue weighted by Crippen LogP contribution is 2.35. The highest BCUT2D eigenvalue weighted by atomic mass is 32.2. The zero-order chi connectivity index (χ0) is 22.0. The SMILES string of the molecule is Cn1nccc1-c1cc(F)ccc1Oc1ccc(S(=O)(=O)Nc2ccncn2)cc1F. The topological polar surface area (TPSA) is 99.0 Å². The van der Waals surface area contributed by atoms with Gasteiger partial charge in [0.2, 0.25) is 0 Å². The lowest BCUT2D eigenvalue weighted by molar-refractivity contribution is 0.440. The summed E-state index contributed by atoms with van der Waals surface area (Å²) in [6, 6.07) is 10.00. The first-order valence-electron chi connectivity index (χ1n) is 8.88. The Labute approximate surface area is 176 Å². The Balaban J connectivity index is 1.64. The summed E-state index contributed by atoms with van der Waals surface area (Å²) < 4.78 is 62.9. The molecule has 1 N–H and O–H groups in total. The number of anilines is 1. The Morgan fingerprint density at radius 3 is 2.48 bits per heavy atom. The van der Waals surface area contributed by atoms with Crippen LogP contribution in [0.5, 0.6) is 11.5 Å². The van der Waals surface area contributed by atoms with Gasteiger partial charge in [-0.05, 0) is 48.5 Å². The Morgan fingerprint density at radius 1 is 1.00 bits per heavy atom. The Kier molecular flexibility index (Phi) is 5.34. The van der Waals surface area contributed by atoms with E-state index >= 15 is 0 Å². The average molecular weight is 443 g/mol. The molecular formula is C20H15F2N5O3S. The third kappa shape index (κ3) is 4.36. The van der Waals surface area contributed by atoms with Gasteiger partial charge in [0.1, 0.15) is 23.7 Å². The van der Waals surface area contributed by atoms with Crippen LogP contribution in [0.1, 0.15) is 0 Å². The minimum atomic E-state index is -4.08. The summed E-state index contributed by atoms with van der Waals surface area (Å²) in [4.78, 5) is 7.16. The number of hydrogen-bond donors (Lipinski definition) is 1. The number of halogens is 2. The van der Waals surface area contributed by atoms with E-state index in [1.807, 2.05) is 0 Å². The average Bonchev–Trinajstić information content (AvgIpc) is 3.16. The van der Waals surface area contributed by atoms with Gasteiger partial charge in [-0.2, -0.15) is 5.10 Å². The maximum Gasteiger partial charge on any atom is 0.263 e. The van der Waals surface area contributed by atoms with Crippen LogP contribution in [0.2, 0.25) is 0 Å². The van der Waals surface area contributed by atoms with Crippen molar-refractivity contribution < 1.29 is 21.9 Å². The van der Waals surface area contributed by atoms with Crippen LogP contribution in [0.15, 0.2) is 72.1 Å². The van der Waals surface area contributed by atoms with Crippen molar-refractivity contribution in [2.45, 2.75) is 4.90 Å². The molecule has 11 heteroatoms. The van der Waals surface area contributed by atoms with E-state index in [1.54, 1.807) is 13.1 Å². The predicted octanol–water partition coefficient (Wildman–Crippen LogP) is 3.75. The van der Waals surface area contributed by atoms with Gasteiger partial charge < -0.3 is 4.74 Å². The normalized spacial score (nSPS) is 11.3. The predicted molar refractivity (Wildman–Crippen MR) is 108 cm³/mol. The summed E-state index contributed by atoms with van der Waals surface area (Å²) in [5, 5.41) is 4.04. The molecule has 8 nitrogen and oxygen atoms in total. The van der Waals surface area contributed by atoms with Crippen LogP contribution in [0.3, 0.4) is 0 Å². The Bertz CT molecular complexity index is 1340. The molecular weight excluding hydrogens is 428 g/mol. The summed E-state index contributed by atoms with van der Waals surface area (Å²) in [6.45, 7) is 0. The van der Waals surface area contributed by atoms with Crippen LogP contribution in [0.4, 0.5) is 14.6 Å². The quantitative estimate of drug-likeness (QED) is 0.487. The number of aryl methyl sites for hydroxylation is 1. The van der Waals surface area contributed by atoms with Crippen molar-refractivity contribution in [2.24, 2.45) is 7.05 Å². The molecule has 0 saturated carbocycles. The molecule has 158 valence electrons. The first-order chi connectivity index (χ1) is 14.8. The fraction of sp³-hybridized carbons (Fsp3) is 0.0500. The summed E-state index contributed by atoms with van der Waals surface area (Å²) in [5.74, 6) is -1.41. The molecule has 31 heavy (non-hydrogen) atoms. The van der Waals surface area contributed by atoms with E-state index in [0.717, 1.165) is 6.07 Å². The molecule has 0 radical (unpaired) electrons. The van der Waals surface area contributed by atoms with Crippen molar-refractivity contribution >= 4 is 15.8 Å². The highest BCUT2D eigenvalue weighted by Gasteiger charge is 2.19. The van der Waals surface area contributed by atoms with Crippen LogP contribution in [-0.4, -0.2) is 28.2 Å². The fourth-order valence-corrected chi connectivity index (χ4v) is 3.85. The molecule has 0 atom stereocenters. The van der Waals surface area contributed by atoms with Crippen molar-refractivity contribution in [2.75, 3.05) is 4.72 Å². The molecule has 4 aromatic rings. The monoisotopic (exact) mass is 443 g/mol. The molecule has 2 aromatic carbocycles. The summed E-state index contributed by atoms with van der Waals surface area (Å²) >= 11 is 0. The van der Waals surface area contributed by atoms with Gasteiger partial charge in [0.05, 0.1) is 10.6 Å². The number of hydrogen-bond acceptors (Lipinski definition) is 6. The largest absolute Gasteiger partial charge is 0.454 e. The number of sulfonamides is 1. The number of nitrogens with zero attached hydrogens (tertiary/aromatic N) is 4. The van der Waals surface area contributed by atoms with E-state index in [1.165, 1.54) is 59.8 Å². The van der Waals surface area contributed by atoms with Crippen molar-refractivity contribution in [1.82, 2.24) is 19.7 Å². The fourth-order valence-electron chi connectivity index (χ4n) is 2.83. The molecule has 4 rings (SSSR count). The molecule has 0 aliphatic carbocycles. The maximum absolute atomic E-state index is 14.7. The van der Waals surface area contributed by atoms with Crippen LogP contribution >= 0.6 is 0 Å². The lowest BCUT2D eigenvalue weighted by Crippen LogP contribution is -2.14. The van der Waals surface area contributed by atoms with E-state index in [4.69, 9.17) is 4.74 Å². The highest BCUT2D eigenvalue weighted by molar-refractivity contribution is 7.92. The molecule has 0 spiro atoms. The number of aromatic nitrogens is 4. The van der Waals surface area contributed by atoms with E-state index in [9.17, 15) is 17.2 Å². The summed E-state index contributed by atoms with van der Waals surface area (Å²) in [5.41, 5.74) is 0.921. The van der Waals surface area contributed by atoms with Crippen LogP contribution in [0.25, 0.3) is 11.3 Å². The molecule has 0 bridgehead atoms. The van der Waals surface area contributed by atoms with Gasteiger partial charge in [0.15, 0.2) is 11.6 Å². The second-order valence-electron chi connectivity index (χ2n) is 6.37. The number of rotatable bonds is 6. The molecule has 0 saturated heterocycles. The number of benzene rings is 2. The van der Waals surface area contributed by atoms with E-state index in [0.29, 0.717) is 11.3 Å². The van der Waals surface area contributed by atoms with Crippen molar-refractivity contribution in [3.05, 3.63) is 78.9 Å². The summed E-state index contributed by atoms with van der Waals surface area (Å²) in [7, 11) is -2.40. The van der Waals surface area contributed by atoms with Gasteiger partial charge >= 0.3 is 0 Å². The van der Waals surface area contributed by atoms with Gasteiger partial charge in [-0.25, -0.2) is 27.2 Å². The van der Waals surface area contributed by atoms with Crippen molar-refractivity contribution in [3.8, 4) is 22.8 Å². The molecule has 2 heterocycles. The molecule has 0 amide bonds. The zero-order valence-electron chi connectivity index (χ0n) is 16.0. The minimum Gasteiger partial charge on any atom is -0.454 e.